The zero-order chi connectivity index (χ0) is 16.4. The minimum absolute atomic E-state index is 0.00549. The average Bonchev–Trinajstić information content (AvgIpc) is 2.99. The molecule has 124 valence electrons. The lowest BCUT2D eigenvalue weighted by Gasteiger charge is -2.24. The molecule has 23 heavy (non-hydrogen) atoms. The Morgan fingerprint density at radius 2 is 2.13 bits per heavy atom. The molecule has 1 aliphatic rings. The van der Waals surface area contributed by atoms with Gasteiger partial charge in [-0.3, -0.25) is 4.55 Å². The Morgan fingerprint density at radius 1 is 1.35 bits per heavy atom. The lowest BCUT2D eigenvalue weighted by atomic mass is 10.3. The van der Waals surface area contributed by atoms with Crippen LogP contribution in [0.25, 0.3) is 0 Å². The summed E-state index contributed by atoms with van der Waals surface area (Å²) >= 11 is 1.49. The summed E-state index contributed by atoms with van der Waals surface area (Å²) in [6, 6.07) is 4.05. The van der Waals surface area contributed by atoms with Crippen molar-refractivity contribution in [3.8, 4) is 23.0 Å². The van der Waals surface area contributed by atoms with Gasteiger partial charge in [-0.2, -0.15) is 8.42 Å². The summed E-state index contributed by atoms with van der Waals surface area (Å²) in [6.07, 6.45) is -0.274. The molecule has 2 aromatic rings. The van der Waals surface area contributed by atoms with E-state index in [4.69, 9.17) is 23.5 Å². The van der Waals surface area contributed by atoms with Gasteiger partial charge in [-0.15, -0.1) is 11.3 Å². The van der Waals surface area contributed by atoms with Gasteiger partial charge in [0.1, 0.15) is 29.6 Å². The molecule has 0 spiro atoms. The number of thiophene rings is 1. The van der Waals surface area contributed by atoms with Gasteiger partial charge >= 0.3 is 0 Å². The van der Waals surface area contributed by atoms with E-state index in [1.165, 1.54) is 36.6 Å². The molecule has 0 fully saturated rings. The first-order chi connectivity index (χ1) is 11.0. The molecule has 1 aromatic carbocycles. The van der Waals surface area contributed by atoms with E-state index in [1.807, 2.05) is 10.8 Å². The molecule has 1 unspecified atom stereocenters. The second-order valence-corrected chi connectivity index (χ2v) is 6.88. The van der Waals surface area contributed by atoms with Crippen molar-refractivity contribution in [3.05, 3.63) is 29.0 Å². The first-order valence-electron chi connectivity index (χ1n) is 6.61. The van der Waals surface area contributed by atoms with Crippen LogP contribution in [-0.2, 0) is 10.1 Å². The molecule has 3 rings (SSSR count). The van der Waals surface area contributed by atoms with Crippen LogP contribution in [0.4, 0.5) is 0 Å². The lowest BCUT2D eigenvalue weighted by molar-refractivity contribution is 0.0545. The molecule has 0 bridgehead atoms. The van der Waals surface area contributed by atoms with Crippen molar-refractivity contribution in [2.24, 2.45) is 0 Å². The van der Waals surface area contributed by atoms with E-state index >= 15 is 0 Å². The van der Waals surface area contributed by atoms with Crippen molar-refractivity contribution in [2.75, 3.05) is 20.3 Å². The Morgan fingerprint density at radius 3 is 2.87 bits per heavy atom. The fraction of sp³-hybridized carbons (Fsp3) is 0.286. The molecular weight excluding hydrogens is 344 g/mol. The SMILES string of the molecule is COc1cc(OCC2COc3cscc3O2)ccc1S(=O)(=O)O. The molecule has 0 radical (unpaired) electrons. The van der Waals surface area contributed by atoms with Gasteiger partial charge in [0.25, 0.3) is 10.1 Å². The van der Waals surface area contributed by atoms with Gasteiger partial charge < -0.3 is 18.9 Å². The maximum Gasteiger partial charge on any atom is 0.298 e. The van der Waals surface area contributed by atoms with Crippen LogP contribution in [0.15, 0.2) is 33.9 Å². The fourth-order valence-electron chi connectivity index (χ4n) is 2.08. The average molecular weight is 358 g/mol. The van der Waals surface area contributed by atoms with Crippen LogP contribution in [0.5, 0.6) is 23.0 Å². The van der Waals surface area contributed by atoms with E-state index in [0.717, 1.165) is 5.75 Å². The third kappa shape index (κ3) is 3.52. The Balaban J connectivity index is 1.67. The molecule has 9 heteroatoms. The zero-order valence-electron chi connectivity index (χ0n) is 12.1. The van der Waals surface area contributed by atoms with Crippen LogP contribution in [0.2, 0.25) is 0 Å². The highest BCUT2D eigenvalue weighted by molar-refractivity contribution is 7.86. The van der Waals surface area contributed by atoms with Crippen LogP contribution >= 0.6 is 11.3 Å². The maximum atomic E-state index is 11.2. The molecule has 0 amide bonds. The molecule has 1 N–H and O–H groups in total. The van der Waals surface area contributed by atoms with Gasteiger partial charge in [0.15, 0.2) is 17.6 Å². The molecular formula is C14H14O7S2. The number of ether oxygens (including phenoxy) is 4. The summed E-state index contributed by atoms with van der Waals surface area (Å²) in [5.41, 5.74) is 0. The third-order valence-corrected chi connectivity index (χ3v) is 4.75. The minimum atomic E-state index is -4.35. The van der Waals surface area contributed by atoms with E-state index in [2.05, 4.69) is 0 Å². The predicted molar refractivity (Wildman–Crippen MR) is 82.5 cm³/mol. The third-order valence-electron chi connectivity index (χ3n) is 3.16. The van der Waals surface area contributed by atoms with Crippen molar-refractivity contribution < 1.29 is 31.9 Å². The van der Waals surface area contributed by atoms with Crippen LogP contribution < -0.4 is 18.9 Å². The Kier molecular flexibility index (Phi) is 4.33. The van der Waals surface area contributed by atoms with Gasteiger partial charge in [-0.25, -0.2) is 0 Å². The normalized spacial score (nSPS) is 16.9. The number of methoxy groups -OCH3 is 1. The quantitative estimate of drug-likeness (QED) is 0.820. The summed E-state index contributed by atoms with van der Waals surface area (Å²) in [7, 11) is -3.04. The molecule has 0 saturated carbocycles. The Hall–Kier alpha value is -1.97. The minimum Gasteiger partial charge on any atom is -0.495 e. The standard InChI is InChI=1S/C14H14O7S2/c1-18-11-4-9(2-3-14(11)23(15,16)17)19-5-10-6-20-12-7-22-8-13(12)21-10/h2-4,7-8,10H,5-6H2,1H3,(H,15,16,17). The van der Waals surface area contributed by atoms with Gasteiger partial charge in [-0.1, -0.05) is 0 Å². The van der Waals surface area contributed by atoms with E-state index in [0.29, 0.717) is 18.1 Å². The summed E-state index contributed by atoms with van der Waals surface area (Å²) in [5, 5.41) is 3.72. The molecule has 2 heterocycles. The number of benzene rings is 1. The Labute approximate surface area is 137 Å². The first kappa shape index (κ1) is 15.9. The summed E-state index contributed by atoms with van der Waals surface area (Å²) < 4.78 is 53.4. The second-order valence-electron chi connectivity index (χ2n) is 4.75. The molecule has 0 saturated heterocycles. The summed E-state index contributed by atoms with van der Waals surface area (Å²) in [6.45, 7) is 0.591. The highest BCUT2D eigenvalue weighted by Gasteiger charge is 2.23. The molecule has 0 aliphatic carbocycles. The van der Waals surface area contributed by atoms with Crippen molar-refractivity contribution in [3.63, 3.8) is 0 Å². The van der Waals surface area contributed by atoms with Crippen molar-refractivity contribution in [1.82, 2.24) is 0 Å². The van der Waals surface area contributed by atoms with E-state index in [9.17, 15) is 8.42 Å². The molecule has 1 aromatic heterocycles. The zero-order valence-corrected chi connectivity index (χ0v) is 13.7. The van der Waals surface area contributed by atoms with E-state index < -0.39 is 10.1 Å². The highest BCUT2D eigenvalue weighted by atomic mass is 32.2. The van der Waals surface area contributed by atoms with Crippen LogP contribution in [0, 0.1) is 0 Å². The van der Waals surface area contributed by atoms with Crippen molar-refractivity contribution >= 4 is 21.5 Å². The van der Waals surface area contributed by atoms with E-state index in [-0.39, 0.29) is 23.4 Å². The number of fused-ring (bicyclic) bond motifs is 1. The van der Waals surface area contributed by atoms with E-state index in [1.54, 1.807) is 0 Å². The molecule has 1 atom stereocenters. The summed E-state index contributed by atoms with van der Waals surface area (Å²) in [5.74, 6) is 1.82. The Bertz CT molecular complexity index is 797. The monoisotopic (exact) mass is 358 g/mol. The number of rotatable bonds is 5. The van der Waals surface area contributed by atoms with Crippen LogP contribution in [0.1, 0.15) is 0 Å². The molecule has 7 nitrogen and oxygen atoms in total. The fourth-order valence-corrected chi connectivity index (χ4v) is 3.39. The van der Waals surface area contributed by atoms with Crippen LogP contribution in [-0.4, -0.2) is 39.4 Å². The van der Waals surface area contributed by atoms with Gasteiger partial charge in [-0.05, 0) is 12.1 Å². The van der Waals surface area contributed by atoms with Gasteiger partial charge in [0.2, 0.25) is 0 Å². The van der Waals surface area contributed by atoms with Crippen molar-refractivity contribution in [2.45, 2.75) is 11.0 Å². The predicted octanol–water partition coefficient (Wildman–Crippen LogP) is 2.22. The lowest BCUT2D eigenvalue weighted by Crippen LogP contribution is -2.34. The van der Waals surface area contributed by atoms with Crippen LogP contribution in [0.3, 0.4) is 0 Å². The smallest absolute Gasteiger partial charge is 0.298 e. The largest absolute Gasteiger partial charge is 0.495 e. The second kappa shape index (κ2) is 6.26. The topological polar surface area (TPSA) is 91.3 Å². The van der Waals surface area contributed by atoms with Gasteiger partial charge in [0, 0.05) is 16.8 Å². The summed E-state index contributed by atoms with van der Waals surface area (Å²) in [4.78, 5) is -0.312. The molecule has 1 aliphatic heterocycles. The number of hydrogen-bond acceptors (Lipinski definition) is 7. The highest BCUT2D eigenvalue weighted by Crippen LogP contribution is 2.35. The maximum absolute atomic E-state index is 11.2. The first-order valence-corrected chi connectivity index (χ1v) is 8.99. The van der Waals surface area contributed by atoms with Crippen molar-refractivity contribution in [1.29, 1.82) is 0 Å². The number of hydrogen-bond donors (Lipinski definition) is 1. The van der Waals surface area contributed by atoms with Gasteiger partial charge in [0.05, 0.1) is 7.11 Å².